The minimum Gasteiger partial charge on any atom is -0.459 e. The first kappa shape index (κ1) is 12.2. The maximum Gasteiger partial charge on any atom is 0.323 e. The van der Waals surface area contributed by atoms with Gasteiger partial charge in [-0.05, 0) is 27.2 Å². The van der Waals surface area contributed by atoms with E-state index in [1.165, 1.54) is 0 Å². The lowest BCUT2D eigenvalue weighted by molar-refractivity contribution is -0.156. The van der Waals surface area contributed by atoms with E-state index in [1.807, 2.05) is 20.8 Å². The number of rotatable bonds is 3. The van der Waals surface area contributed by atoms with E-state index in [2.05, 4.69) is 22.6 Å². The highest BCUT2D eigenvalue weighted by atomic mass is 127. The zero-order valence-electron chi connectivity index (χ0n) is 7.76. The minimum absolute atomic E-state index is 0.306. The van der Waals surface area contributed by atoms with Crippen molar-refractivity contribution in [1.29, 1.82) is 0 Å². The quantitative estimate of drug-likeness (QED) is 0.485. The molecule has 0 amide bonds. The summed E-state index contributed by atoms with van der Waals surface area (Å²) in [5.41, 5.74) is 5.12. The number of halogens is 1. The van der Waals surface area contributed by atoms with Gasteiger partial charge < -0.3 is 10.5 Å². The van der Waals surface area contributed by atoms with Gasteiger partial charge in [0.1, 0.15) is 11.6 Å². The Labute approximate surface area is 87.2 Å². The van der Waals surface area contributed by atoms with Crippen molar-refractivity contribution in [2.75, 3.05) is 4.43 Å². The van der Waals surface area contributed by atoms with E-state index >= 15 is 0 Å². The van der Waals surface area contributed by atoms with Gasteiger partial charge in [-0.15, -0.1) is 0 Å². The molecule has 0 saturated carbocycles. The van der Waals surface area contributed by atoms with Crippen LogP contribution in [-0.2, 0) is 9.53 Å². The molecule has 0 aliphatic heterocycles. The van der Waals surface area contributed by atoms with Gasteiger partial charge in [-0.2, -0.15) is 0 Å². The van der Waals surface area contributed by atoms with Crippen LogP contribution in [0.5, 0.6) is 0 Å². The molecule has 0 saturated heterocycles. The molecule has 1 unspecified atom stereocenters. The lowest BCUT2D eigenvalue weighted by Gasteiger charge is -2.21. The van der Waals surface area contributed by atoms with Crippen LogP contribution in [0.2, 0.25) is 0 Å². The molecule has 72 valence electrons. The average Bonchev–Trinajstić information content (AvgIpc) is 1.84. The standard InChI is InChI=1S/C8H16INO2/c1-8(2,3)12-7(11)6(10)4-5-9/h6H,4-5,10H2,1-3H3. The Bertz CT molecular complexity index is 154. The molecular formula is C8H16INO2. The summed E-state index contributed by atoms with van der Waals surface area (Å²) < 4.78 is 5.96. The van der Waals surface area contributed by atoms with E-state index in [9.17, 15) is 4.79 Å². The van der Waals surface area contributed by atoms with Crippen LogP contribution in [0.4, 0.5) is 0 Å². The van der Waals surface area contributed by atoms with Crippen molar-refractivity contribution in [2.45, 2.75) is 38.8 Å². The number of carbonyl (C=O) groups excluding carboxylic acids is 1. The molecule has 0 aromatic heterocycles. The van der Waals surface area contributed by atoms with Gasteiger partial charge in [0.25, 0.3) is 0 Å². The zero-order chi connectivity index (χ0) is 9.78. The second-order valence-electron chi connectivity index (χ2n) is 3.62. The first-order chi connectivity index (χ1) is 5.37. The Morgan fingerprint density at radius 3 is 2.42 bits per heavy atom. The topological polar surface area (TPSA) is 52.3 Å². The first-order valence-electron chi connectivity index (χ1n) is 3.91. The summed E-state index contributed by atoms with van der Waals surface area (Å²) in [7, 11) is 0. The van der Waals surface area contributed by atoms with Gasteiger partial charge in [0, 0.05) is 4.43 Å². The molecule has 2 N–H and O–H groups in total. The van der Waals surface area contributed by atoms with Crippen LogP contribution in [0.15, 0.2) is 0 Å². The van der Waals surface area contributed by atoms with Crippen LogP contribution in [0.1, 0.15) is 27.2 Å². The number of esters is 1. The van der Waals surface area contributed by atoms with Crippen molar-refractivity contribution in [2.24, 2.45) is 5.73 Å². The monoisotopic (exact) mass is 285 g/mol. The molecule has 0 aromatic carbocycles. The van der Waals surface area contributed by atoms with Crippen molar-refractivity contribution in [3.8, 4) is 0 Å². The third kappa shape index (κ3) is 5.77. The molecule has 0 heterocycles. The number of nitrogens with two attached hydrogens (primary N) is 1. The Balaban J connectivity index is 3.87. The van der Waals surface area contributed by atoms with E-state index in [0.29, 0.717) is 6.42 Å². The molecule has 12 heavy (non-hydrogen) atoms. The maximum absolute atomic E-state index is 11.2. The fourth-order valence-electron chi connectivity index (χ4n) is 0.613. The molecule has 0 aliphatic rings. The summed E-state index contributed by atoms with van der Waals surface area (Å²) in [6.45, 7) is 5.50. The Kier molecular flexibility index (Phi) is 5.08. The van der Waals surface area contributed by atoms with Gasteiger partial charge >= 0.3 is 5.97 Å². The zero-order valence-corrected chi connectivity index (χ0v) is 9.92. The average molecular weight is 285 g/mol. The van der Waals surface area contributed by atoms with Crippen molar-refractivity contribution in [3.05, 3.63) is 0 Å². The van der Waals surface area contributed by atoms with Gasteiger partial charge in [-0.1, -0.05) is 22.6 Å². The highest BCUT2D eigenvalue weighted by Gasteiger charge is 2.21. The summed E-state index contributed by atoms with van der Waals surface area (Å²) in [6, 6.07) is -0.471. The number of alkyl halides is 1. The highest BCUT2D eigenvalue weighted by molar-refractivity contribution is 14.1. The van der Waals surface area contributed by atoms with Crippen LogP contribution in [0.25, 0.3) is 0 Å². The summed E-state index contributed by atoms with van der Waals surface area (Å²) in [6.07, 6.45) is 0.676. The van der Waals surface area contributed by atoms with E-state index in [-0.39, 0.29) is 5.97 Å². The van der Waals surface area contributed by atoms with Crippen molar-refractivity contribution in [1.82, 2.24) is 0 Å². The first-order valence-corrected chi connectivity index (χ1v) is 5.44. The number of hydrogen-bond donors (Lipinski definition) is 1. The van der Waals surface area contributed by atoms with E-state index in [1.54, 1.807) is 0 Å². The van der Waals surface area contributed by atoms with Crippen molar-refractivity contribution >= 4 is 28.6 Å². The van der Waals surface area contributed by atoms with E-state index in [0.717, 1.165) is 4.43 Å². The Morgan fingerprint density at radius 1 is 1.58 bits per heavy atom. The smallest absolute Gasteiger partial charge is 0.323 e. The molecule has 0 bridgehead atoms. The Morgan fingerprint density at radius 2 is 2.08 bits per heavy atom. The van der Waals surface area contributed by atoms with Crippen molar-refractivity contribution < 1.29 is 9.53 Å². The SMILES string of the molecule is CC(C)(C)OC(=O)C(N)CCI. The molecule has 1 atom stereocenters. The van der Waals surface area contributed by atoms with Gasteiger partial charge in [-0.3, -0.25) is 4.79 Å². The minimum atomic E-state index is -0.471. The summed E-state index contributed by atoms with van der Waals surface area (Å²) in [4.78, 5) is 11.2. The third-order valence-corrected chi connectivity index (χ3v) is 1.75. The highest BCUT2D eigenvalue weighted by Crippen LogP contribution is 2.09. The van der Waals surface area contributed by atoms with Gasteiger partial charge in [0.05, 0.1) is 0 Å². The van der Waals surface area contributed by atoms with Gasteiger partial charge in [0.2, 0.25) is 0 Å². The predicted octanol–water partition coefficient (Wildman–Crippen LogP) is 1.48. The Hall–Kier alpha value is 0.160. The number of hydrogen-bond acceptors (Lipinski definition) is 3. The summed E-state index contributed by atoms with van der Waals surface area (Å²) in [5.74, 6) is -0.306. The molecule has 0 fully saturated rings. The summed E-state index contributed by atoms with van der Waals surface area (Å²) in [5, 5.41) is 0. The second kappa shape index (κ2) is 5.01. The maximum atomic E-state index is 11.2. The third-order valence-electron chi connectivity index (χ3n) is 1.13. The molecule has 0 aliphatic carbocycles. The molecule has 0 rings (SSSR count). The molecule has 0 radical (unpaired) electrons. The molecule has 0 spiro atoms. The lowest BCUT2D eigenvalue weighted by Crippen LogP contribution is -2.37. The molecule has 3 nitrogen and oxygen atoms in total. The van der Waals surface area contributed by atoms with E-state index < -0.39 is 11.6 Å². The number of carbonyl (C=O) groups is 1. The normalized spacial score (nSPS) is 14.1. The molecule has 0 aromatic rings. The second-order valence-corrected chi connectivity index (χ2v) is 4.70. The molecular weight excluding hydrogens is 269 g/mol. The van der Waals surface area contributed by atoms with Crippen molar-refractivity contribution in [3.63, 3.8) is 0 Å². The largest absolute Gasteiger partial charge is 0.459 e. The van der Waals surface area contributed by atoms with Crippen LogP contribution < -0.4 is 5.73 Å². The van der Waals surface area contributed by atoms with Crippen LogP contribution in [0.3, 0.4) is 0 Å². The fourth-order valence-corrected chi connectivity index (χ4v) is 1.28. The fraction of sp³-hybridized carbons (Fsp3) is 0.875. The predicted molar refractivity (Wildman–Crippen MR) is 57.3 cm³/mol. The van der Waals surface area contributed by atoms with Gasteiger partial charge in [0.15, 0.2) is 0 Å². The summed E-state index contributed by atoms with van der Waals surface area (Å²) >= 11 is 2.19. The van der Waals surface area contributed by atoms with Crippen LogP contribution >= 0.6 is 22.6 Å². The number of ether oxygens (including phenoxy) is 1. The van der Waals surface area contributed by atoms with E-state index in [4.69, 9.17) is 10.5 Å². The van der Waals surface area contributed by atoms with Gasteiger partial charge in [-0.25, -0.2) is 0 Å². The van der Waals surface area contributed by atoms with Crippen LogP contribution in [-0.4, -0.2) is 22.0 Å². The molecule has 4 heteroatoms. The lowest BCUT2D eigenvalue weighted by atomic mass is 10.2. The van der Waals surface area contributed by atoms with Crippen LogP contribution in [0, 0.1) is 0 Å².